The SMILES string of the molecule is CCN(C(=O)C(C)OC(=O)c1ccc(OC)c(S(=O)(=O)N(C)C)c1)C1CCS(=O)(=O)C1. The van der Waals surface area contributed by atoms with E-state index >= 15 is 0 Å². The number of hydrogen-bond donors (Lipinski definition) is 0. The lowest BCUT2D eigenvalue weighted by atomic mass is 10.2. The molecule has 2 rings (SSSR count). The van der Waals surface area contributed by atoms with E-state index in [-0.39, 0.29) is 34.3 Å². The number of rotatable bonds is 8. The average Bonchev–Trinajstić information content (AvgIpc) is 3.06. The number of likely N-dealkylation sites (N-methyl/N-ethyl adjacent to an activating group) is 1. The molecule has 0 spiro atoms. The van der Waals surface area contributed by atoms with Crippen LogP contribution in [0, 0.1) is 0 Å². The first-order chi connectivity index (χ1) is 14.3. The molecule has 2 unspecified atom stereocenters. The van der Waals surface area contributed by atoms with Crippen LogP contribution in [0.1, 0.15) is 30.6 Å². The fourth-order valence-electron chi connectivity index (χ4n) is 3.33. The van der Waals surface area contributed by atoms with E-state index in [0.29, 0.717) is 6.42 Å². The predicted octanol–water partition coefficient (Wildman–Crippen LogP) is 0.526. The second kappa shape index (κ2) is 9.53. The van der Waals surface area contributed by atoms with Crippen LogP contribution < -0.4 is 4.74 Å². The maximum absolute atomic E-state index is 12.8. The first kappa shape index (κ1) is 25.1. The number of sulfone groups is 1. The molecule has 0 radical (unpaired) electrons. The van der Waals surface area contributed by atoms with E-state index in [1.165, 1.54) is 45.2 Å². The van der Waals surface area contributed by atoms with Gasteiger partial charge in [-0.15, -0.1) is 0 Å². The van der Waals surface area contributed by atoms with Crippen molar-refractivity contribution < 1.29 is 35.9 Å². The molecule has 0 aliphatic carbocycles. The van der Waals surface area contributed by atoms with E-state index in [1.807, 2.05) is 0 Å². The fraction of sp³-hybridized carbons (Fsp3) is 0.579. The number of amides is 1. The summed E-state index contributed by atoms with van der Waals surface area (Å²) in [5.41, 5.74) is -0.0626. The van der Waals surface area contributed by atoms with E-state index in [4.69, 9.17) is 9.47 Å². The van der Waals surface area contributed by atoms with Crippen LogP contribution in [0.2, 0.25) is 0 Å². The minimum atomic E-state index is -3.89. The van der Waals surface area contributed by atoms with Crippen LogP contribution in [-0.2, 0) is 29.4 Å². The number of carbonyl (C=O) groups is 2. The lowest BCUT2D eigenvalue weighted by Crippen LogP contribution is -2.46. The van der Waals surface area contributed by atoms with Gasteiger partial charge < -0.3 is 14.4 Å². The standard InChI is InChI=1S/C19H28N2O8S2/c1-6-21(15-9-10-30(24,25)12-15)18(22)13(2)29-19(23)14-7-8-16(28-5)17(11-14)31(26,27)20(3)4/h7-8,11,13,15H,6,9-10,12H2,1-5H3. The monoisotopic (exact) mass is 476 g/mol. The molecule has 0 saturated carbocycles. The Morgan fingerprint density at radius 2 is 1.90 bits per heavy atom. The van der Waals surface area contributed by atoms with Crippen molar-refractivity contribution in [3.63, 3.8) is 0 Å². The smallest absolute Gasteiger partial charge is 0.338 e. The van der Waals surface area contributed by atoms with Crippen LogP contribution in [-0.4, -0.2) is 89.3 Å². The molecule has 2 atom stereocenters. The Morgan fingerprint density at radius 3 is 2.39 bits per heavy atom. The molecule has 0 bridgehead atoms. The van der Waals surface area contributed by atoms with Crippen molar-refractivity contribution in [2.75, 3.05) is 39.3 Å². The van der Waals surface area contributed by atoms with Gasteiger partial charge in [0.05, 0.1) is 24.2 Å². The number of sulfonamides is 1. The second-order valence-corrected chi connectivity index (χ2v) is 11.7. The third-order valence-corrected chi connectivity index (χ3v) is 8.65. The molecule has 1 aromatic rings. The molecular weight excluding hydrogens is 448 g/mol. The van der Waals surface area contributed by atoms with Gasteiger partial charge in [-0.05, 0) is 38.5 Å². The zero-order valence-electron chi connectivity index (χ0n) is 18.2. The van der Waals surface area contributed by atoms with Crippen molar-refractivity contribution in [2.24, 2.45) is 0 Å². The summed E-state index contributed by atoms with van der Waals surface area (Å²) in [6, 6.07) is 3.35. The zero-order valence-corrected chi connectivity index (χ0v) is 19.8. The third kappa shape index (κ3) is 5.55. The van der Waals surface area contributed by atoms with Crippen LogP contribution in [0.3, 0.4) is 0 Å². The Hall–Kier alpha value is -2.18. The molecule has 10 nitrogen and oxygen atoms in total. The Kier molecular flexibility index (Phi) is 7.71. The molecule has 1 fully saturated rings. The Balaban J connectivity index is 2.21. The highest BCUT2D eigenvalue weighted by molar-refractivity contribution is 7.91. The van der Waals surface area contributed by atoms with Crippen LogP contribution in [0.5, 0.6) is 5.75 Å². The van der Waals surface area contributed by atoms with Gasteiger partial charge in [-0.3, -0.25) is 4.79 Å². The van der Waals surface area contributed by atoms with Crippen molar-refractivity contribution in [2.45, 2.75) is 37.3 Å². The molecule has 0 N–H and O–H groups in total. The Labute approximate surface area is 183 Å². The van der Waals surface area contributed by atoms with Gasteiger partial charge in [-0.25, -0.2) is 25.9 Å². The van der Waals surface area contributed by atoms with Crippen molar-refractivity contribution in [3.8, 4) is 5.75 Å². The van der Waals surface area contributed by atoms with Gasteiger partial charge in [0, 0.05) is 26.7 Å². The average molecular weight is 477 g/mol. The van der Waals surface area contributed by atoms with Crippen LogP contribution in [0.15, 0.2) is 23.1 Å². The Bertz CT molecular complexity index is 1050. The molecule has 0 aromatic heterocycles. The highest BCUT2D eigenvalue weighted by Crippen LogP contribution is 2.27. The number of methoxy groups -OCH3 is 1. The van der Waals surface area contributed by atoms with Gasteiger partial charge in [-0.2, -0.15) is 0 Å². The maximum Gasteiger partial charge on any atom is 0.338 e. The summed E-state index contributed by atoms with van der Waals surface area (Å²) < 4.78 is 59.9. The van der Waals surface area contributed by atoms with E-state index < -0.39 is 43.9 Å². The number of ether oxygens (including phenoxy) is 2. The summed E-state index contributed by atoms with van der Waals surface area (Å²) in [6.45, 7) is 3.39. The molecule has 1 aliphatic heterocycles. The molecule has 31 heavy (non-hydrogen) atoms. The Morgan fingerprint density at radius 1 is 1.26 bits per heavy atom. The third-order valence-electron chi connectivity index (χ3n) is 5.06. The number of nitrogens with zero attached hydrogens (tertiary/aromatic N) is 2. The normalized spacial score (nSPS) is 19.1. The number of esters is 1. The van der Waals surface area contributed by atoms with Gasteiger partial charge >= 0.3 is 5.97 Å². The van der Waals surface area contributed by atoms with Crippen LogP contribution >= 0.6 is 0 Å². The summed E-state index contributed by atoms with van der Waals surface area (Å²) in [4.78, 5) is 26.6. The summed E-state index contributed by atoms with van der Waals surface area (Å²) >= 11 is 0. The van der Waals surface area contributed by atoms with Crippen molar-refractivity contribution >= 4 is 31.7 Å². The maximum atomic E-state index is 12.8. The molecule has 1 amide bonds. The van der Waals surface area contributed by atoms with Gasteiger partial charge in [0.2, 0.25) is 10.0 Å². The van der Waals surface area contributed by atoms with Gasteiger partial charge in [-0.1, -0.05) is 0 Å². The topological polar surface area (TPSA) is 127 Å². The molecule has 1 heterocycles. The summed E-state index contributed by atoms with van der Waals surface area (Å²) in [5.74, 6) is -1.42. The van der Waals surface area contributed by atoms with E-state index in [2.05, 4.69) is 0 Å². The molecular formula is C19H28N2O8S2. The van der Waals surface area contributed by atoms with E-state index in [1.54, 1.807) is 6.92 Å². The highest BCUT2D eigenvalue weighted by Gasteiger charge is 2.36. The van der Waals surface area contributed by atoms with E-state index in [0.717, 1.165) is 10.4 Å². The van der Waals surface area contributed by atoms with Crippen molar-refractivity contribution in [3.05, 3.63) is 23.8 Å². The minimum absolute atomic E-state index is 0.0184. The largest absolute Gasteiger partial charge is 0.495 e. The quantitative estimate of drug-likeness (QED) is 0.497. The lowest BCUT2D eigenvalue weighted by molar-refractivity contribution is -0.141. The molecule has 174 valence electrons. The van der Waals surface area contributed by atoms with Crippen LogP contribution in [0.25, 0.3) is 0 Å². The molecule has 1 aliphatic rings. The molecule has 1 saturated heterocycles. The number of benzene rings is 1. The fourth-order valence-corrected chi connectivity index (χ4v) is 6.14. The predicted molar refractivity (Wildman–Crippen MR) is 113 cm³/mol. The van der Waals surface area contributed by atoms with Crippen molar-refractivity contribution in [1.29, 1.82) is 0 Å². The second-order valence-electron chi connectivity index (χ2n) is 7.38. The summed E-state index contributed by atoms with van der Waals surface area (Å²) in [7, 11) is -3.06. The van der Waals surface area contributed by atoms with E-state index in [9.17, 15) is 26.4 Å². The highest BCUT2D eigenvalue weighted by atomic mass is 32.2. The molecule has 1 aromatic carbocycles. The van der Waals surface area contributed by atoms with Gasteiger partial charge in [0.1, 0.15) is 10.6 Å². The first-order valence-corrected chi connectivity index (χ1v) is 12.9. The van der Waals surface area contributed by atoms with Gasteiger partial charge in [0.25, 0.3) is 5.91 Å². The molecule has 12 heteroatoms. The lowest BCUT2D eigenvalue weighted by Gasteiger charge is -2.29. The summed E-state index contributed by atoms with van der Waals surface area (Å²) in [5, 5.41) is 0. The number of hydrogen-bond acceptors (Lipinski definition) is 8. The summed E-state index contributed by atoms with van der Waals surface area (Å²) in [6.07, 6.45) is -0.834. The first-order valence-electron chi connectivity index (χ1n) is 9.66. The zero-order chi connectivity index (χ0) is 23.6. The van der Waals surface area contributed by atoms with Crippen molar-refractivity contribution in [1.82, 2.24) is 9.21 Å². The number of carbonyl (C=O) groups excluding carboxylic acids is 2. The van der Waals surface area contributed by atoms with Crippen LogP contribution in [0.4, 0.5) is 0 Å². The van der Waals surface area contributed by atoms with Gasteiger partial charge in [0.15, 0.2) is 15.9 Å². The minimum Gasteiger partial charge on any atom is -0.495 e.